The molecule has 1 saturated heterocycles. The maximum Gasteiger partial charge on any atom is 0.410 e. The molecule has 23 heavy (non-hydrogen) atoms. The number of carbonyl (C=O) groups is 1. The third-order valence-corrected chi connectivity index (χ3v) is 5.37. The van der Waals surface area contributed by atoms with E-state index in [1.54, 1.807) is 4.90 Å². The van der Waals surface area contributed by atoms with E-state index in [0.717, 1.165) is 0 Å². The van der Waals surface area contributed by atoms with Crippen molar-refractivity contribution < 1.29 is 18.1 Å². The number of alkyl halides is 1. The molecule has 0 aliphatic carbocycles. The van der Waals surface area contributed by atoms with Crippen molar-refractivity contribution in [2.75, 3.05) is 19.8 Å². The van der Waals surface area contributed by atoms with Crippen LogP contribution in [0.4, 0.5) is 9.18 Å². The molecule has 1 rings (SSSR count). The first-order chi connectivity index (χ1) is 10.4. The molecule has 1 amide bonds. The first kappa shape index (κ1) is 20.4. The van der Waals surface area contributed by atoms with E-state index in [1.807, 2.05) is 41.5 Å². The lowest BCUT2D eigenvalue weighted by molar-refractivity contribution is 0.0169. The monoisotopic (exact) mass is 350 g/mol. The number of likely N-dealkylation sites (tertiary alicyclic amines) is 1. The van der Waals surface area contributed by atoms with Crippen LogP contribution in [-0.4, -0.2) is 51.4 Å². The van der Waals surface area contributed by atoms with Crippen molar-refractivity contribution in [1.29, 1.82) is 0 Å². The lowest BCUT2D eigenvalue weighted by atomic mass is 9.91. The van der Waals surface area contributed by atoms with Crippen LogP contribution in [0.15, 0.2) is 0 Å². The van der Waals surface area contributed by atoms with Gasteiger partial charge in [0.1, 0.15) is 12.3 Å². The summed E-state index contributed by atoms with van der Waals surface area (Å²) in [6.45, 7) is 11.6. The normalized spacial score (nSPS) is 20.2. The third kappa shape index (κ3) is 6.75. The van der Waals surface area contributed by atoms with Gasteiger partial charge in [-0.3, -0.25) is 0 Å². The standard InChI is InChI=1S/C16H31FN2O3S/c1-15(2,3)22-14(20)19-9-7-12(8-10-19)13(11-17)18-23(21)16(4,5)6/h12-13,18H,7-11H2,1-6H3/t13-,23-/m0/s1. The lowest BCUT2D eigenvalue weighted by Crippen LogP contribution is -2.49. The molecule has 136 valence electrons. The molecule has 0 aromatic heterocycles. The lowest BCUT2D eigenvalue weighted by Gasteiger charge is -2.36. The van der Waals surface area contributed by atoms with E-state index in [2.05, 4.69) is 4.72 Å². The highest BCUT2D eigenvalue weighted by atomic mass is 32.2. The second-order valence-electron chi connectivity index (χ2n) is 8.06. The van der Waals surface area contributed by atoms with Gasteiger partial charge in [-0.05, 0) is 60.3 Å². The van der Waals surface area contributed by atoms with Gasteiger partial charge >= 0.3 is 6.09 Å². The van der Waals surface area contributed by atoms with Gasteiger partial charge in [-0.15, -0.1) is 0 Å². The van der Waals surface area contributed by atoms with E-state index in [1.165, 1.54) is 0 Å². The summed E-state index contributed by atoms with van der Waals surface area (Å²) in [6, 6.07) is -0.434. The van der Waals surface area contributed by atoms with Crippen LogP contribution >= 0.6 is 0 Å². The summed E-state index contributed by atoms with van der Waals surface area (Å²) in [6.07, 6.45) is 1.05. The molecule has 2 atom stereocenters. The van der Waals surface area contributed by atoms with Gasteiger partial charge in [0.25, 0.3) is 0 Å². The van der Waals surface area contributed by atoms with Crippen molar-refractivity contribution in [3.63, 3.8) is 0 Å². The summed E-state index contributed by atoms with van der Waals surface area (Å²) in [4.78, 5) is 13.7. The molecule has 0 bridgehead atoms. The number of rotatable bonds is 4. The summed E-state index contributed by atoms with van der Waals surface area (Å²) in [7, 11) is -1.30. The highest BCUT2D eigenvalue weighted by molar-refractivity contribution is 7.84. The molecule has 5 nitrogen and oxygen atoms in total. The first-order valence-corrected chi connectivity index (χ1v) is 9.31. The number of piperidine rings is 1. The van der Waals surface area contributed by atoms with Gasteiger partial charge in [-0.2, -0.15) is 0 Å². The Kier molecular flexibility index (Phi) is 7.01. The Morgan fingerprint density at radius 3 is 2.17 bits per heavy atom. The zero-order valence-corrected chi connectivity index (χ0v) is 16.0. The maximum absolute atomic E-state index is 13.4. The second-order valence-corrected chi connectivity index (χ2v) is 10.1. The smallest absolute Gasteiger partial charge is 0.410 e. The van der Waals surface area contributed by atoms with E-state index < -0.39 is 34.1 Å². The van der Waals surface area contributed by atoms with Crippen molar-refractivity contribution in [2.24, 2.45) is 5.92 Å². The Balaban J connectivity index is 2.53. The molecule has 1 aliphatic rings. The Bertz CT molecular complexity index is 424. The van der Waals surface area contributed by atoms with Crippen LogP contribution in [0.25, 0.3) is 0 Å². The van der Waals surface area contributed by atoms with Gasteiger partial charge in [0.05, 0.1) is 21.8 Å². The summed E-state index contributed by atoms with van der Waals surface area (Å²) in [5.74, 6) is 0.0741. The minimum absolute atomic E-state index is 0.0741. The molecule has 1 aliphatic heterocycles. The predicted molar refractivity (Wildman–Crippen MR) is 91.3 cm³/mol. The SMILES string of the molecule is CC(C)(C)OC(=O)N1CCC([C@H](CF)N[S@@](=O)C(C)(C)C)CC1. The Hall–Kier alpha value is -0.690. The average molecular weight is 351 g/mol. The van der Waals surface area contributed by atoms with Gasteiger partial charge in [-0.25, -0.2) is 18.1 Å². The topological polar surface area (TPSA) is 58.6 Å². The van der Waals surface area contributed by atoms with Gasteiger partial charge in [-0.1, -0.05) is 0 Å². The fourth-order valence-corrected chi connectivity index (χ4v) is 3.26. The molecule has 1 heterocycles. The zero-order chi connectivity index (χ0) is 17.8. The van der Waals surface area contributed by atoms with Gasteiger partial charge < -0.3 is 9.64 Å². The fourth-order valence-electron chi connectivity index (χ4n) is 2.38. The van der Waals surface area contributed by atoms with Crippen LogP contribution in [-0.2, 0) is 15.7 Å². The van der Waals surface area contributed by atoms with E-state index in [9.17, 15) is 13.4 Å². The molecule has 0 saturated carbocycles. The Labute approximate surface area is 141 Å². The minimum atomic E-state index is -1.30. The number of halogens is 1. The van der Waals surface area contributed by atoms with Crippen LogP contribution in [0.5, 0.6) is 0 Å². The molecule has 0 radical (unpaired) electrons. The van der Waals surface area contributed by atoms with E-state index in [4.69, 9.17) is 4.74 Å². The van der Waals surface area contributed by atoms with Crippen molar-refractivity contribution in [1.82, 2.24) is 9.62 Å². The predicted octanol–water partition coefficient (Wildman–Crippen LogP) is 3.02. The number of nitrogens with one attached hydrogen (secondary N) is 1. The van der Waals surface area contributed by atoms with E-state index in [-0.39, 0.29) is 12.0 Å². The molecule has 1 fully saturated rings. The summed E-state index contributed by atoms with van der Waals surface area (Å²) < 4.78 is 33.4. The number of ether oxygens (including phenoxy) is 1. The number of hydrogen-bond donors (Lipinski definition) is 1. The largest absolute Gasteiger partial charge is 0.444 e. The van der Waals surface area contributed by atoms with E-state index in [0.29, 0.717) is 25.9 Å². The number of amides is 1. The van der Waals surface area contributed by atoms with E-state index >= 15 is 0 Å². The van der Waals surface area contributed by atoms with Crippen molar-refractivity contribution in [3.05, 3.63) is 0 Å². The quantitative estimate of drug-likeness (QED) is 0.848. The number of carbonyl (C=O) groups excluding carboxylic acids is 1. The highest BCUT2D eigenvalue weighted by Crippen LogP contribution is 2.24. The van der Waals surface area contributed by atoms with Crippen LogP contribution < -0.4 is 4.72 Å². The second kappa shape index (κ2) is 7.92. The minimum Gasteiger partial charge on any atom is -0.444 e. The molecule has 0 unspecified atom stereocenters. The van der Waals surface area contributed by atoms with Gasteiger partial charge in [0, 0.05) is 13.1 Å². The molecule has 7 heteroatoms. The van der Waals surface area contributed by atoms with Crippen LogP contribution in [0, 0.1) is 5.92 Å². The zero-order valence-electron chi connectivity index (χ0n) is 15.1. The molecular formula is C16H31FN2O3S. The molecular weight excluding hydrogens is 319 g/mol. The summed E-state index contributed by atoms with van der Waals surface area (Å²) >= 11 is 0. The fraction of sp³-hybridized carbons (Fsp3) is 0.938. The molecule has 0 aromatic carbocycles. The summed E-state index contributed by atoms with van der Waals surface area (Å²) in [5.41, 5.74) is -0.513. The molecule has 0 aromatic rings. The molecule has 0 spiro atoms. The van der Waals surface area contributed by atoms with Crippen LogP contribution in [0.2, 0.25) is 0 Å². The highest BCUT2D eigenvalue weighted by Gasteiger charge is 2.32. The maximum atomic E-state index is 13.4. The summed E-state index contributed by atoms with van der Waals surface area (Å²) in [5, 5.41) is 0. The number of hydrogen-bond acceptors (Lipinski definition) is 3. The Morgan fingerprint density at radius 1 is 1.26 bits per heavy atom. The van der Waals surface area contributed by atoms with Crippen molar-refractivity contribution in [2.45, 2.75) is 70.8 Å². The third-order valence-electron chi connectivity index (χ3n) is 3.74. The average Bonchev–Trinajstić information content (AvgIpc) is 2.41. The van der Waals surface area contributed by atoms with Gasteiger partial charge in [0.15, 0.2) is 0 Å². The van der Waals surface area contributed by atoms with Crippen LogP contribution in [0.1, 0.15) is 54.4 Å². The van der Waals surface area contributed by atoms with Crippen LogP contribution in [0.3, 0.4) is 0 Å². The number of nitrogens with zero attached hydrogens (tertiary/aromatic N) is 1. The first-order valence-electron chi connectivity index (χ1n) is 8.16. The van der Waals surface area contributed by atoms with Crippen molar-refractivity contribution >= 4 is 17.1 Å². The Morgan fingerprint density at radius 2 is 1.78 bits per heavy atom. The molecule has 1 N–H and O–H groups in total. The van der Waals surface area contributed by atoms with Gasteiger partial charge in [0.2, 0.25) is 0 Å². The van der Waals surface area contributed by atoms with Crippen molar-refractivity contribution in [3.8, 4) is 0 Å².